The topological polar surface area (TPSA) is 21.3 Å². The Labute approximate surface area is 121 Å². The number of aryl methyl sites for hydroxylation is 1. The summed E-state index contributed by atoms with van der Waals surface area (Å²) in [5, 5.41) is 6.17. The Morgan fingerprint density at radius 1 is 1.20 bits per heavy atom. The largest absolute Gasteiger partial charge is 0.370 e. The average molecular weight is 269 g/mol. The first-order chi connectivity index (χ1) is 9.66. The summed E-state index contributed by atoms with van der Waals surface area (Å²) in [5.74, 6) is 0. The Balaban J connectivity index is 1.77. The Morgan fingerprint density at radius 3 is 2.85 bits per heavy atom. The van der Waals surface area contributed by atoms with E-state index >= 15 is 0 Å². The van der Waals surface area contributed by atoms with Crippen molar-refractivity contribution < 1.29 is 4.74 Å². The van der Waals surface area contributed by atoms with Crippen LogP contribution in [0.1, 0.15) is 25.8 Å². The molecular formula is C18H23NO. The van der Waals surface area contributed by atoms with Crippen molar-refractivity contribution in [1.82, 2.24) is 5.32 Å². The SMILES string of the molecule is CC1CNCC(C)(CCc2cccc3ccccc23)O1. The maximum atomic E-state index is 6.15. The molecule has 1 aliphatic heterocycles. The van der Waals surface area contributed by atoms with Gasteiger partial charge in [-0.15, -0.1) is 0 Å². The van der Waals surface area contributed by atoms with E-state index in [4.69, 9.17) is 4.74 Å². The van der Waals surface area contributed by atoms with Crippen LogP contribution in [0, 0.1) is 0 Å². The van der Waals surface area contributed by atoms with Gasteiger partial charge in [0.1, 0.15) is 0 Å². The van der Waals surface area contributed by atoms with Gasteiger partial charge in [0.2, 0.25) is 0 Å². The molecule has 0 amide bonds. The zero-order valence-corrected chi connectivity index (χ0v) is 12.4. The molecule has 2 atom stereocenters. The second-order valence-electron chi connectivity index (χ2n) is 6.15. The van der Waals surface area contributed by atoms with E-state index in [1.54, 1.807) is 0 Å². The van der Waals surface area contributed by atoms with Crippen LogP contribution >= 0.6 is 0 Å². The van der Waals surface area contributed by atoms with E-state index in [1.165, 1.54) is 16.3 Å². The molecule has 0 bridgehead atoms. The third kappa shape index (κ3) is 2.87. The molecule has 2 unspecified atom stereocenters. The highest BCUT2D eigenvalue weighted by atomic mass is 16.5. The van der Waals surface area contributed by atoms with E-state index < -0.39 is 0 Å². The summed E-state index contributed by atoms with van der Waals surface area (Å²) < 4.78 is 6.15. The Morgan fingerprint density at radius 2 is 2.00 bits per heavy atom. The van der Waals surface area contributed by atoms with Gasteiger partial charge < -0.3 is 10.1 Å². The Hall–Kier alpha value is -1.38. The van der Waals surface area contributed by atoms with Gasteiger partial charge in [0, 0.05) is 13.1 Å². The maximum absolute atomic E-state index is 6.15. The molecule has 2 heteroatoms. The summed E-state index contributed by atoms with van der Waals surface area (Å²) in [6, 6.07) is 15.2. The fourth-order valence-corrected chi connectivity index (χ4v) is 3.17. The molecule has 1 N–H and O–H groups in total. The molecule has 2 nitrogen and oxygen atoms in total. The van der Waals surface area contributed by atoms with Crippen LogP contribution < -0.4 is 5.32 Å². The third-order valence-electron chi connectivity index (χ3n) is 4.22. The van der Waals surface area contributed by atoms with Crippen molar-refractivity contribution in [2.24, 2.45) is 0 Å². The van der Waals surface area contributed by atoms with E-state index in [0.29, 0.717) is 6.10 Å². The molecule has 1 aliphatic rings. The lowest BCUT2D eigenvalue weighted by Gasteiger charge is -2.38. The van der Waals surface area contributed by atoms with Crippen LogP contribution in [-0.4, -0.2) is 24.8 Å². The number of benzene rings is 2. The quantitative estimate of drug-likeness (QED) is 0.920. The van der Waals surface area contributed by atoms with Crippen molar-refractivity contribution in [3.05, 3.63) is 48.0 Å². The van der Waals surface area contributed by atoms with Gasteiger partial charge in [-0.05, 0) is 43.0 Å². The van der Waals surface area contributed by atoms with Gasteiger partial charge in [-0.2, -0.15) is 0 Å². The van der Waals surface area contributed by atoms with Crippen LogP contribution in [0.5, 0.6) is 0 Å². The number of hydrogen-bond donors (Lipinski definition) is 1. The highest BCUT2D eigenvalue weighted by Gasteiger charge is 2.30. The average Bonchev–Trinajstić information content (AvgIpc) is 2.45. The fraction of sp³-hybridized carbons (Fsp3) is 0.444. The minimum atomic E-state index is -0.0470. The van der Waals surface area contributed by atoms with Crippen molar-refractivity contribution in [3.63, 3.8) is 0 Å². The van der Waals surface area contributed by atoms with E-state index in [2.05, 4.69) is 61.6 Å². The molecule has 0 aliphatic carbocycles. The summed E-state index contributed by atoms with van der Waals surface area (Å²) in [7, 11) is 0. The molecule has 20 heavy (non-hydrogen) atoms. The smallest absolute Gasteiger partial charge is 0.0785 e. The van der Waals surface area contributed by atoms with Gasteiger partial charge in [-0.3, -0.25) is 0 Å². The molecule has 1 fully saturated rings. The van der Waals surface area contributed by atoms with Crippen LogP contribution in [0.2, 0.25) is 0 Å². The monoisotopic (exact) mass is 269 g/mol. The summed E-state index contributed by atoms with van der Waals surface area (Å²) in [6.45, 7) is 6.27. The Kier molecular flexibility index (Phi) is 3.77. The van der Waals surface area contributed by atoms with E-state index in [0.717, 1.165) is 25.9 Å². The number of ether oxygens (including phenoxy) is 1. The van der Waals surface area contributed by atoms with Crippen molar-refractivity contribution >= 4 is 10.8 Å². The predicted octanol–water partition coefficient (Wildman–Crippen LogP) is 3.54. The Bertz CT molecular complexity index is 589. The molecular weight excluding hydrogens is 246 g/mol. The lowest BCUT2D eigenvalue weighted by molar-refractivity contribution is -0.101. The van der Waals surface area contributed by atoms with Gasteiger partial charge in [-0.1, -0.05) is 42.5 Å². The van der Waals surface area contributed by atoms with Crippen LogP contribution in [0.4, 0.5) is 0 Å². The van der Waals surface area contributed by atoms with Crippen LogP contribution in [0.3, 0.4) is 0 Å². The van der Waals surface area contributed by atoms with Gasteiger partial charge in [0.25, 0.3) is 0 Å². The van der Waals surface area contributed by atoms with E-state index in [-0.39, 0.29) is 5.60 Å². The van der Waals surface area contributed by atoms with E-state index in [1.807, 2.05) is 0 Å². The molecule has 2 aromatic carbocycles. The molecule has 0 aromatic heterocycles. The van der Waals surface area contributed by atoms with Crippen LogP contribution in [0.15, 0.2) is 42.5 Å². The fourth-order valence-electron chi connectivity index (χ4n) is 3.17. The zero-order valence-electron chi connectivity index (χ0n) is 12.4. The number of hydrogen-bond acceptors (Lipinski definition) is 2. The first-order valence-electron chi connectivity index (χ1n) is 7.51. The van der Waals surface area contributed by atoms with Crippen molar-refractivity contribution in [2.75, 3.05) is 13.1 Å². The second-order valence-corrected chi connectivity index (χ2v) is 6.15. The summed E-state index contributed by atoms with van der Waals surface area (Å²) >= 11 is 0. The number of fused-ring (bicyclic) bond motifs is 1. The summed E-state index contributed by atoms with van der Waals surface area (Å²) in [4.78, 5) is 0. The van der Waals surface area contributed by atoms with Crippen LogP contribution in [0.25, 0.3) is 10.8 Å². The zero-order chi connectivity index (χ0) is 14.0. The highest BCUT2D eigenvalue weighted by molar-refractivity contribution is 5.85. The van der Waals surface area contributed by atoms with Crippen molar-refractivity contribution in [2.45, 2.75) is 38.4 Å². The summed E-state index contributed by atoms with van der Waals surface area (Å²) in [6.07, 6.45) is 2.42. The lowest BCUT2D eigenvalue weighted by Crippen LogP contribution is -2.51. The summed E-state index contributed by atoms with van der Waals surface area (Å²) in [5.41, 5.74) is 1.38. The predicted molar refractivity (Wildman–Crippen MR) is 84.1 cm³/mol. The van der Waals surface area contributed by atoms with Gasteiger partial charge in [0.15, 0.2) is 0 Å². The molecule has 3 rings (SSSR count). The maximum Gasteiger partial charge on any atom is 0.0785 e. The van der Waals surface area contributed by atoms with E-state index in [9.17, 15) is 0 Å². The number of morpholine rings is 1. The minimum absolute atomic E-state index is 0.0470. The highest BCUT2D eigenvalue weighted by Crippen LogP contribution is 2.25. The molecule has 1 heterocycles. The van der Waals surface area contributed by atoms with Crippen molar-refractivity contribution in [1.29, 1.82) is 0 Å². The molecule has 0 saturated carbocycles. The van der Waals surface area contributed by atoms with Gasteiger partial charge >= 0.3 is 0 Å². The number of rotatable bonds is 3. The molecule has 0 radical (unpaired) electrons. The van der Waals surface area contributed by atoms with Gasteiger partial charge in [-0.25, -0.2) is 0 Å². The van der Waals surface area contributed by atoms with Gasteiger partial charge in [0.05, 0.1) is 11.7 Å². The van der Waals surface area contributed by atoms with Crippen molar-refractivity contribution in [3.8, 4) is 0 Å². The minimum Gasteiger partial charge on any atom is -0.370 e. The normalized spacial score (nSPS) is 26.8. The standard InChI is InChI=1S/C18H23NO/c1-14-12-19-13-18(2,20-14)11-10-16-8-5-7-15-6-3-4-9-17(15)16/h3-9,14,19H,10-13H2,1-2H3. The molecule has 2 aromatic rings. The molecule has 0 spiro atoms. The molecule has 1 saturated heterocycles. The number of nitrogens with one attached hydrogen (secondary N) is 1. The lowest BCUT2D eigenvalue weighted by atomic mass is 9.92. The first kappa shape index (κ1) is 13.6. The second kappa shape index (κ2) is 5.55. The molecule has 106 valence electrons. The first-order valence-corrected chi connectivity index (χ1v) is 7.51. The van der Waals surface area contributed by atoms with Crippen LogP contribution in [-0.2, 0) is 11.2 Å². The third-order valence-corrected chi connectivity index (χ3v) is 4.22.